The molecule has 0 aliphatic rings. The van der Waals surface area contributed by atoms with Crippen LogP contribution in [0.4, 0.5) is 0 Å². The Hall–Kier alpha value is -1.68. The Morgan fingerprint density at radius 2 is 1.64 bits per heavy atom. The summed E-state index contributed by atoms with van der Waals surface area (Å²) >= 11 is 0. The van der Waals surface area contributed by atoms with E-state index in [4.69, 9.17) is 5.41 Å². The van der Waals surface area contributed by atoms with Gasteiger partial charge in [-0.25, -0.2) is 4.79 Å². The first-order valence-corrected chi connectivity index (χ1v) is 3.89. The molecule has 0 heterocycles. The fourth-order valence-corrected chi connectivity index (χ4v) is 0.974. The summed E-state index contributed by atoms with van der Waals surface area (Å²) in [7, 11) is 1.35. The number of hydrogen-bond donors (Lipinski definition) is 1. The monoisotopic (exact) mass is 195 g/mol. The van der Waals surface area contributed by atoms with Crippen LogP contribution in [-0.2, 0) is 4.74 Å². The van der Waals surface area contributed by atoms with Crippen LogP contribution in [0, 0.1) is 5.41 Å². The quantitative estimate of drug-likeness (QED) is 0.565. The van der Waals surface area contributed by atoms with Gasteiger partial charge in [0.1, 0.15) is 0 Å². The van der Waals surface area contributed by atoms with Crippen LogP contribution in [0.25, 0.3) is 0 Å². The van der Waals surface area contributed by atoms with E-state index in [0.29, 0.717) is 11.3 Å². The number of carbonyl (C=O) groups is 1. The highest BCUT2D eigenvalue weighted by molar-refractivity contribution is 5.97. The number of benzene rings is 1. The highest BCUT2D eigenvalue weighted by Crippen LogP contribution is 2.05. The lowest BCUT2D eigenvalue weighted by Crippen LogP contribution is -2.01. The normalized spacial score (nSPS) is 8.71. The Balaban J connectivity index is 0.00000169. The molecule has 0 saturated heterocycles. The second kappa shape index (κ2) is 5.14. The van der Waals surface area contributed by atoms with Crippen molar-refractivity contribution in [3.8, 4) is 0 Å². The van der Waals surface area contributed by atoms with Crippen molar-refractivity contribution in [1.82, 2.24) is 0 Å². The van der Waals surface area contributed by atoms with Gasteiger partial charge in [0, 0.05) is 5.71 Å². The van der Waals surface area contributed by atoms with Crippen molar-refractivity contribution >= 4 is 11.7 Å². The van der Waals surface area contributed by atoms with E-state index in [2.05, 4.69) is 4.74 Å². The van der Waals surface area contributed by atoms with Crippen molar-refractivity contribution < 1.29 is 15.0 Å². The topological polar surface area (TPSA) is 81.7 Å². The zero-order chi connectivity index (χ0) is 9.84. The number of esters is 1. The van der Waals surface area contributed by atoms with Crippen LogP contribution in [0.2, 0.25) is 0 Å². The van der Waals surface area contributed by atoms with Crippen molar-refractivity contribution in [2.24, 2.45) is 0 Å². The number of ether oxygens (including phenoxy) is 1. The van der Waals surface area contributed by atoms with E-state index in [1.165, 1.54) is 7.11 Å². The molecule has 1 aromatic rings. The Labute approximate surface area is 82.3 Å². The fraction of sp³-hybridized carbons (Fsp3) is 0.200. The maximum absolute atomic E-state index is 11.0. The molecule has 0 aromatic heterocycles. The average molecular weight is 195 g/mol. The van der Waals surface area contributed by atoms with Gasteiger partial charge < -0.3 is 15.6 Å². The zero-order valence-electron chi connectivity index (χ0n) is 8.13. The minimum atomic E-state index is -0.353. The lowest BCUT2D eigenvalue weighted by Gasteiger charge is -2.00. The fourth-order valence-electron chi connectivity index (χ4n) is 0.974. The molecule has 0 amide bonds. The van der Waals surface area contributed by atoms with Crippen LogP contribution in [0.5, 0.6) is 0 Å². The minimum Gasteiger partial charge on any atom is -0.465 e. The molecule has 0 aliphatic carbocycles. The summed E-state index contributed by atoms with van der Waals surface area (Å²) in [6.45, 7) is 1.70. The largest absolute Gasteiger partial charge is 0.465 e. The molecular weight excluding hydrogens is 182 g/mol. The molecule has 0 spiro atoms. The third-order valence-electron chi connectivity index (χ3n) is 1.74. The molecule has 14 heavy (non-hydrogen) atoms. The molecule has 1 aromatic carbocycles. The van der Waals surface area contributed by atoms with Crippen molar-refractivity contribution in [2.75, 3.05) is 7.11 Å². The maximum Gasteiger partial charge on any atom is 0.337 e. The van der Waals surface area contributed by atoms with Gasteiger partial charge in [0.05, 0.1) is 12.7 Å². The summed E-state index contributed by atoms with van der Waals surface area (Å²) in [6.07, 6.45) is 0. The molecule has 0 bridgehead atoms. The van der Waals surface area contributed by atoms with Crippen LogP contribution in [0.1, 0.15) is 22.8 Å². The predicted octanol–water partition coefficient (Wildman–Crippen LogP) is 1.04. The van der Waals surface area contributed by atoms with E-state index in [9.17, 15) is 4.79 Å². The average Bonchev–Trinajstić information content (AvgIpc) is 2.17. The number of carbonyl (C=O) groups excluding carboxylic acids is 1. The molecule has 4 heteroatoms. The van der Waals surface area contributed by atoms with Gasteiger partial charge in [0.2, 0.25) is 0 Å². The number of nitrogens with one attached hydrogen (secondary N) is 1. The molecule has 3 N–H and O–H groups in total. The van der Waals surface area contributed by atoms with Gasteiger partial charge in [-0.15, -0.1) is 0 Å². The van der Waals surface area contributed by atoms with Crippen LogP contribution in [0.15, 0.2) is 24.3 Å². The second-order valence-electron chi connectivity index (χ2n) is 2.69. The first-order chi connectivity index (χ1) is 6.15. The molecule has 76 valence electrons. The molecule has 1 rings (SSSR count). The third-order valence-corrected chi connectivity index (χ3v) is 1.74. The van der Waals surface area contributed by atoms with Gasteiger partial charge in [0.15, 0.2) is 0 Å². The van der Waals surface area contributed by atoms with E-state index in [-0.39, 0.29) is 11.4 Å². The number of methoxy groups -OCH3 is 1. The summed E-state index contributed by atoms with van der Waals surface area (Å²) in [6, 6.07) is 6.77. The third kappa shape index (κ3) is 2.67. The Kier molecular flexibility index (Phi) is 4.52. The molecule has 0 unspecified atom stereocenters. The molecule has 0 saturated carbocycles. The molecule has 0 atom stereocenters. The van der Waals surface area contributed by atoms with Crippen molar-refractivity contribution in [3.63, 3.8) is 0 Å². The molecule has 4 nitrogen and oxygen atoms in total. The van der Waals surface area contributed by atoms with E-state index in [1.807, 2.05) is 0 Å². The van der Waals surface area contributed by atoms with Crippen molar-refractivity contribution in [3.05, 3.63) is 35.4 Å². The Morgan fingerprint density at radius 3 is 2.00 bits per heavy atom. The van der Waals surface area contributed by atoms with Crippen molar-refractivity contribution in [1.29, 1.82) is 5.41 Å². The lowest BCUT2D eigenvalue weighted by atomic mass is 10.1. The molecule has 0 fully saturated rings. The number of hydrogen-bond acceptors (Lipinski definition) is 3. The lowest BCUT2D eigenvalue weighted by molar-refractivity contribution is 0.0600. The summed E-state index contributed by atoms with van der Waals surface area (Å²) in [4.78, 5) is 11.0. The first-order valence-electron chi connectivity index (χ1n) is 3.89. The Bertz CT molecular complexity index is 330. The summed E-state index contributed by atoms with van der Waals surface area (Å²) in [5, 5.41) is 7.34. The van der Waals surface area contributed by atoms with Crippen molar-refractivity contribution in [2.45, 2.75) is 6.92 Å². The predicted molar refractivity (Wildman–Crippen MR) is 53.9 cm³/mol. The second-order valence-corrected chi connectivity index (χ2v) is 2.69. The maximum atomic E-state index is 11.0. The summed E-state index contributed by atoms with van der Waals surface area (Å²) in [5.41, 5.74) is 1.80. The van der Waals surface area contributed by atoms with Crippen LogP contribution >= 0.6 is 0 Å². The van der Waals surface area contributed by atoms with Gasteiger partial charge in [-0.2, -0.15) is 0 Å². The van der Waals surface area contributed by atoms with Gasteiger partial charge in [-0.05, 0) is 24.6 Å². The number of rotatable bonds is 2. The van der Waals surface area contributed by atoms with Gasteiger partial charge in [-0.3, -0.25) is 0 Å². The highest BCUT2D eigenvalue weighted by Gasteiger charge is 2.04. The zero-order valence-corrected chi connectivity index (χ0v) is 8.13. The highest BCUT2D eigenvalue weighted by atomic mass is 16.5. The first kappa shape index (κ1) is 12.3. The van der Waals surface area contributed by atoms with Crippen LogP contribution in [-0.4, -0.2) is 24.3 Å². The van der Waals surface area contributed by atoms with Crippen LogP contribution < -0.4 is 0 Å². The standard InChI is InChI=1S/C10H11NO2.H2O/c1-7(11)8-3-5-9(6-4-8)10(12)13-2;/h3-6,11H,1-2H3;1H2. The van der Waals surface area contributed by atoms with E-state index < -0.39 is 0 Å². The summed E-state index contributed by atoms with van der Waals surface area (Å²) < 4.78 is 4.54. The molecular formula is C10H13NO3. The van der Waals surface area contributed by atoms with Gasteiger partial charge >= 0.3 is 5.97 Å². The SMILES string of the molecule is COC(=O)c1ccc(C(C)=N)cc1.O. The van der Waals surface area contributed by atoms with E-state index in [1.54, 1.807) is 31.2 Å². The minimum absolute atomic E-state index is 0. The van der Waals surface area contributed by atoms with Crippen LogP contribution in [0.3, 0.4) is 0 Å². The smallest absolute Gasteiger partial charge is 0.337 e. The van der Waals surface area contributed by atoms with E-state index >= 15 is 0 Å². The molecule has 0 aliphatic heterocycles. The van der Waals surface area contributed by atoms with E-state index in [0.717, 1.165) is 5.56 Å². The van der Waals surface area contributed by atoms with Gasteiger partial charge in [-0.1, -0.05) is 12.1 Å². The van der Waals surface area contributed by atoms with Gasteiger partial charge in [0.25, 0.3) is 0 Å². The molecule has 0 radical (unpaired) electrons. The Morgan fingerprint density at radius 1 is 1.21 bits per heavy atom. The summed E-state index contributed by atoms with van der Waals surface area (Å²) in [5.74, 6) is -0.353.